The highest BCUT2D eigenvalue weighted by Gasteiger charge is 2.42. The molecule has 2 rings (SSSR count). The molecule has 0 heterocycles. The molecule has 0 aromatic heterocycles. The molecular formula is C28H39O7P. The average molecular weight is 519 g/mol. The van der Waals surface area contributed by atoms with Gasteiger partial charge in [0.25, 0.3) is 0 Å². The third-order valence-corrected chi connectivity index (χ3v) is 9.12. The van der Waals surface area contributed by atoms with Crippen LogP contribution in [0.25, 0.3) is 0 Å². The van der Waals surface area contributed by atoms with Gasteiger partial charge in [0.1, 0.15) is 23.0 Å². The molecule has 7 nitrogen and oxygen atoms in total. The number of carbonyl (C=O) groups excluding carboxylic acids is 2. The Balaban J connectivity index is 2.52. The van der Waals surface area contributed by atoms with Crippen LogP contribution in [0.2, 0.25) is 0 Å². The molecule has 0 radical (unpaired) electrons. The van der Waals surface area contributed by atoms with E-state index in [4.69, 9.17) is 18.9 Å². The first kappa shape index (κ1) is 29.4. The second kappa shape index (κ2) is 12.4. The molecule has 2 aromatic carbocycles. The molecule has 198 valence electrons. The zero-order valence-electron chi connectivity index (χ0n) is 22.7. The van der Waals surface area contributed by atoms with Crippen LogP contribution in [0, 0.1) is 11.3 Å². The maximum atomic E-state index is 14.5. The third-order valence-electron chi connectivity index (χ3n) is 6.05. The topological polar surface area (TPSA) is 88.1 Å². The van der Waals surface area contributed by atoms with Crippen LogP contribution < -0.4 is 18.9 Å². The number of rotatable bonds is 13. The van der Waals surface area contributed by atoms with Gasteiger partial charge in [0, 0.05) is 30.1 Å². The standard InChI is InChI=1S/C28H39O7P/c1-19(17-28(2,3)4)18-36(31,26(29)15-20-22(32-5)11-9-12-23(20)33-6)27(30)16-21-24(34-7)13-10-14-25(21)35-8/h9-14,19H,15-18H2,1-8H3. The van der Waals surface area contributed by atoms with Gasteiger partial charge in [-0.25, -0.2) is 0 Å². The number of methoxy groups -OCH3 is 4. The van der Waals surface area contributed by atoms with Crippen LogP contribution >= 0.6 is 7.14 Å². The van der Waals surface area contributed by atoms with Gasteiger partial charge >= 0.3 is 0 Å². The van der Waals surface area contributed by atoms with Gasteiger partial charge in [-0.1, -0.05) is 39.8 Å². The van der Waals surface area contributed by atoms with E-state index in [2.05, 4.69) is 20.8 Å². The summed E-state index contributed by atoms with van der Waals surface area (Å²) >= 11 is 0. The normalized spacial score (nSPS) is 12.6. The van der Waals surface area contributed by atoms with Crippen LogP contribution in [0.15, 0.2) is 36.4 Å². The summed E-state index contributed by atoms with van der Waals surface area (Å²) in [7, 11) is 1.98. The Bertz CT molecular complexity index is 999. The van der Waals surface area contributed by atoms with Gasteiger partial charge in [-0.05, 0) is 42.0 Å². The molecule has 0 N–H and O–H groups in total. The molecule has 1 unspecified atom stereocenters. The Morgan fingerprint density at radius 3 is 1.36 bits per heavy atom. The molecule has 0 fully saturated rings. The van der Waals surface area contributed by atoms with Crippen molar-refractivity contribution in [1.29, 1.82) is 0 Å². The van der Waals surface area contributed by atoms with Crippen molar-refractivity contribution in [1.82, 2.24) is 0 Å². The quantitative estimate of drug-likeness (QED) is 0.301. The maximum absolute atomic E-state index is 14.5. The molecular weight excluding hydrogens is 479 g/mol. The highest BCUT2D eigenvalue weighted by atomic mass is 31.2. The summed E-state index contributed by atoms with van der Waals surface area (Å²) < 4.78 is 36.2. The molecule has 0 aliphatic heterocycles. The lowest BCUT2D eigenvalue weighted by molar-refractivity contribution is -0.114. The Morgan fingerprint density at radius 1 is 0.750 bits per heavy atom. The summed E-state index contributed by atoms with van der Waals surface area (Å²) in [5, 5.41) is 0. The minimum Gasteiger partial charge on any atom is -0.496 e. The van der Waals surface area contributed by atoms with E-state index in [1.165, 1.54) is 28.4 Å². The molecule has 0 amide bonds. The third kappa shape index (κ3) is 7.13. The van der Waals surface area contributed by atoms with E-state index in [1.807, 2.05) is 6.92 Å². The lowest BCUT2D eigenvalue weighted by Crippen LogP contribution is -2.22. The predicted octanol–water partition coefficient (Wildman–Crippen LogP) is 5.99. The number of ether oxygens (including phenoxy) is 4. The summed E-state index contributed by atoms with van der Waals surface area (Å²) in [6.07, 6.45) is 0.243. The van der Waals surface area contributed by atoms with E-state index in [0.717, 1.165) is 0 Å². The SMILES string of the molecule is COc1cccc(OC)c1CC(=O)P(=O)(CC(C)CC(C)(C)C)C(=O)Cc1c(OC)cccc1OC. The fraction of sp³-hybridized carbons (Fsp3) is 0.500. The van der Waals surface area contributed by atoms with Crippen LogP contribution in [-0.4, -0.2) is 45.6 Å². The van der Waals surface area contributed by atoms with Crippen molar-refractivity contribution in [3.05, 3.63) is 47.5 Å². The molecule has 0 saturated carbocycles. The highest BCUT2D eigenvalue weighted by Crippen LogP contribution is 2.53. The van der Waals surface area contributed by atoms with E-state index < -0.39 is 18.2 Å². The highest BCUT2D eigenvalue weighted by molar-refractivity contribution is 7.94. The van der Waals surface area contributed by atoms with Crippen LogP contribution in [0.5, 0.6) is 23.0 Å². The van der Waals surface area contributed by atoms with E-state index >= 15 is 0 Å². The van der Waals surface area contributed by atoms with E-state index in [0.29, 0.717) is 40.5 Å². The zero-order chi connectivity index (χ0) is 27.1. The molecule has 1 atom stereocenters. The minimum absolute atomic E-state index is 0.00311. The molecule has 0 bridgehead atoms. The molecule has 8 heteroatoms. The monoisotopic (exact) mass is 518 g/mol. The van der Waals surface area contributed by atoms with Gasteiger partial charge < -0.3 is 23.5 Å². The van der Waals surface area contributed by atoms with Crippen LogP contribution in [-0.2, 0) is 27.0 Å². The summed E-state index contributed by atoms with van der Waals surface area (Å²) in [5.74, 6) is 1.65. The van der Waals surface area contributed by atoms with Gasteiger partial charge in [0.05, 0.1) is 28.4 Å². The number of hydrogen-bond acceptors (Lipinski definition) is 7. The summed E-state index contributed by atoms with van der Waals surface area (Å²) in [5.41, 5.74) is -0.318. The zero-order valence-corrected chi connectivity index (χ0v) is 23.6. The lowest BCUT2D eigenvalue weighted by atomic mass is 9.86. The van der Waals surface area contributed by atoms with Crippen LogP contribution in [0.1, 0.15) is 45.2 Å². The number of carbonyl (C=O) groups is 2. The number of benzene rings is 2. The van der Waals surface area contributed by atoms with Crippen LogP contribution in [0.3, 0.4) is 0 Å². The number of hydrogen-bond donors (Lipinski definition) is 0. The van der Waals surface area contributed by atoms with Crippen molar-refractivity contribution in [3.8, 4) is 23.0 Å². The average Bonchev–Trinajstić information content (AvgIpc) is 2.82. The smallest absolute Gasteiger partial charge is 0.212 e. The first-order valence-electron chi connectivity index (χ1n) is 12.0. The van der Waals surface area contributed by atoms with Crippen molar-refractivity contribution < 1.29 is 33.1 Å². The van der Waals surface area contributed by atoms with E-state index in [9.17, 15) is 14.2 Å². The summed E-state index contributed by atoms with van der Waals surface area (Å²) in [4.78, 5) is 27.5. The molecule has 0 spiro atoms. The Morgan fingerprint density at radius 2 is 1.08 bits per heavy atom. The molecule has 2 aromatic rings. The van der Waals surface area contributed by atoms with Crippen molar-refractivity contribution in [3.63, 3.8) is 0 Å². The second-order valence-electron chi connectivity index (χ2n) is 10.2. The van der Waals surface area contributed by atoms with Crippen molar-refractivity contribution in [2.24, 2.45) is 11.3 Å². The van der Waals surface area contributed by atoms with Crippen molar-refractivity contribution in [2.45, 2.75) is 47.0 Å². The largest absolute Gasteiger partial charge is 0.496 e. The maximum Gasteiger partial charge on any atom is 0.212 e. The molecule has 0 aliphatic carbocycles. The Hall–Kier alpha value is -2.79. The Kier molecular flexibility index (Phi) is 10.2. The van der Waals surface area contributed by atoms with E-state index in [1.54, 1.807) is 36.4 Å². The van der Waals surface area contributed by atoms with E-state index in [-0.39, 0.29) is 30.3 Å². The molecule has 0 saturated heterocycles. The second-order valence-corrected chi connectivity index (χ2v) is 13.1. The lowest BCUT2D eigenvalue weighted by Gasteiger charge is -2.26. The van der Waals surface area contributed by atoms with Gasteiger partial charge in [-0.15, -0.1) is 0 Å². The van der Waals surface area contributed by atoms with Crippen molar-refractivity contribution >= 4 is 18.2 Å². The minimum atomic E-state index is -4.00. The first-order chi connectivity index (χ1) is 16.9. The molecule has 36 heavy (non-hydrogen) atoms. The van der Waals surface area contributed by atoms with Crippen LogP contribution in [0.4, 0.5) is 0 Å². The fourth-order valence-corrected chi connectivity index (χ4v) is 7.17. The van der Waals surface area contributed by atoms with Gasteiger partial charge in [-0.3, -0.25) is 9.59 Å². The van der Waals surface area contributed by atoms with Gasteiger partial charge in [0.2, 0.25) is 18.2 Å². The van der Waals surface area contributed by atoms with Crippen molar-refractivity contribution in [2.75, 3.05) is 34.6 Å². The summed E-state index contributed by atoms with van der Waals surface area (Å²) in [6, 6.07) is 10.3. The van der Waals surface area contributed by atoms with Gasteiger partial charge in [-0.2, -0.15) is 0 Å². The van der Waals surface area contributed by atoms with Gasteiger partial charge in [0.15, 0.2) is 0 Å². The summed E-state index contributed by atoms with van der Waals surface area (Å²) in [6.45, 7) is 8.18. The predicted molar refractivity (Wildman–Crippen MR) is 142 cm³/mol. The molecule has 0 aliphatic rings. The first-order valence-corrected chi connectivity index (χ1v) is 13.8. The fourth-order valence-electron chi connectivity index (χ4n) is 4.65. The Labute approximate surface area is 214 Å².